The van der Waals surface area contributed by atoms with Crippen molar-refractivity contribution in [3.05, 3.63) is 24.0 Å². The van der Waals surface area contributed by atoms with Gasteiger partial charge in [0, 0.05) is 24.1 Å². The molecule has 1 heterocycles. The summed E-state index contributed by atoms with van der Waals surface area (Å²) >= 11 is 0. The van der Waals surface area contributed by atoms with Crippen molar-refractivity contribution in [1.82, 2.24) is 10.3 Å². The van der Waals surface area contributed by atoms with Crippen LogP contribution in [0.5, 0.6) is 0 Å². The Balaban J connectivity index is 1.91. The molecule has 1 unspecified atom stereocenters. The summed E-state index contributed by atoms with van der Waals surface area (Å²) in [5.74, 6) is 1.75. The van der Waals surface area contributed by atoms with Crippen LogP contribution in [0.2, 0.25) is 0 Å². The van der Waals surface area contributed by atoms with Crippen LogP contribution in [0, 0.1) is 11.8 Å². The fourth-order valence-corrected chi connectivity index (χ4v) is 3.64. The predicted molar refractivity (Wildman–Crippen MR) is 85.6 cm³/mol. The lowest BCUT2D eigenvalue weighted by atomic mass is 9.76. The number of nitrogens with two attached hydrogens (primary N) is 1. The highest BCUT2D eigenvalue weighted by Crippen LogP contribution is 2.34. The van der Waals surface area contributed by atoms with E-state index in [0.29, 0.717) is 6.04 Å². The molecule has 1 fully saturated rings. The fraction of sp³-hybridized carbons (Fsp3) is 0.706. The lowest BCUT2D eigenvalue weighted by molar-refractivity contribution is 0.217. The van der Waals surface area contributed by atoms with Gasteiger partial charge in [-0.3, -0.25) is 4.98 Å². The minimum absolute atomic E-state index is 0.532. The number of likely N-dealkylation sites (N-methyl/N-ethyl adjacent to an activating group) is 1. The van der Waals surface area contributed by atoms with Crippen LogP contribution in [0.4, 0.5) is 5.69 Å². The molecule has 1 aliphatic carbocycles. The van der Waals surface area contributed by atoms with Gasteiger partial charge in [0.25, 0.3) is 0 Å². The highest BCUT2D eigenvalue weighted by atomic mass is 14.9. The number of rotatable bonds is 6. The summed E-state index contributed by atoms with van der Waals surface area (Å²) in [7, 11) is 2.08. The smallest absolute Gasteiger partial charge is 0.0378 e. The van der Waals surface area contributed by atoms with Gasteiger partial charge < -0.3 is 11.1 Å². The molecule has 0 bridgehead atoms. The van der Waals surface area contributed by atoms with Crippen molar-refractivity contribution < 1.29 is 0 Å². The van der Waals surface area contributed by atoms with E-state index in [1.807, 2.05) is 12.3 Å². The van der Waals surface area contributed by atoms with Crippen LogP contribution in [-0.4, -0.2) is 18.1 Å². The molecule has 1 atom stereocenters. The second-order valence-electron chi connectivity index (χ2n) is 6.24. The first kappa shape index (κ1) is 15.3. The molecule has 3 N–H and O–H groups in total. The fourth-order valence-electron chi connectivity index (χ4n) is 3.64. The predicted octanol–water partition coefficient (Wildman–Crippen LogP) is 3.40. The average Bonchev–Trinajstić information content (AvgIpc) is 2.48. The highest BCUT2D eigenvalue weighted by molar-refractivity contribution is 5.44. The molecule has 1 aromatic heterocycles. The molecule has 2 rings (SSSR count). The van der Waals surface area contributed by atoms with Crippen molar-refractivity contribution in [2.24, 2.45) is 11.8 Å². The van der Waals surface area contributed by atoms with Crippen molar-refractivity contribution in [3.8, 4) is 0 Å². The van der Waals surface area contributed by atoms with Crippen LogP contribution in [0.25, 0.3) is 0 Å². The van der Waals surface area contributed by atoms with Gasteiger partial charge in [-0.25, -0.2) is 0 Å². The number of hydrogen-bond acceptors (Lipinski definition) is 3. The Kier molecular flexibility index (Phi) is 5.84. The number of aromatic nitrogens is 1. The van der Waals surface area contributed by atoms with E-state index in [4.69, 9.17) is 5.73 Å². The van der Waals surface area contributed by atoms with Crippen LogP contribution in [0.15, 0.2) is 18.5 Å². The maximum absolute atomic E-state index is 6.05. The molecule has 20 heavy (non-hydrogen) atoms. The molecule has 1 aliphatic rings. The van der Waals surface area contributed by atoms with Crippen molar-refractivity contribution >= 4 is 5.69 Å². The monoisotopic (exact) mass is 275 g/mol. The summed E-state index contributed by atoms with van der Waals surface area (Å²) in [6.45, 7) is 2.30. The van der Waals surface area contributed by atoms with Gasteiger partial charge in [0.05, 0.1) is 0 Å². The van der Waals surface area contributed by atoms with E-state index in [-0.39, 0.29) is 0 Å². The summed E-state index contributed by atoms with van der Waals surface area (Å²) in [4.78, 5) is 4.21. The average molecular weight is 275 g/mol. The summed E-state index contributed by atoms with van der Waals surface area (Å²) in [5, 5.41) is 3.51. The van der Waals surface area contributed by atoms with Crippen LogP contribution < -0.4 is 11.1 Å². The molecule has 112 valence electrons. The van der Waals surface area contributed by atoms with Gasteiger partial charge in [-0.05, 0) is 49.8 Å². The quantitative estimate of drug-likeness (QED) is 0.836. The molecule has 3 heteroatoms. The second kappa shape index (κ2) is 7.63. The molecule has 1 saturated carbocycles. The Morgan fingerprint density at radius 3 is 2.70 bits per heavy atom. The van der Waals surface area contributed by atoms with Gasteiger partial charge in [-0.2, -0.15) is 0 Å². The summed E-state index contributed by atoms with van der Waals surface area (Å²) in [5.41, 5.74) is 8.10. The normalized spacial score (nSPS) is 24.5. The molecular formula is C17H29N3. The number of nitrogens with one attached hydrogen (secondary N) is 1. The van der Waals surface area contributed by atoms with Crippen LogP contribution >= 0.6 is 0 Å². The molecule has 0 amide bonds. The lowest BCUT2D eigenvalue weighted by Crippen LogP contribution is -2.37. The number of hydrogen-bond donors (Lipinski definition) is 2. The number of nitrogen functional groups attached to an aromatic ring is 1. The van der Waals surface area contributed by atoms with Crippen molar-refractivity contribution in [2.75, 3.05) is 12.8 Å². The summed E-state index contributed by atoms with van der Waals surface area (Å²) in [6.07, 6.45) is 12.9. The van der Waals surface area contributed by atoms with E-state index in [0.717, 1.165) is 23.9 Å². The molecule has 0 aromatic carbocycles. The van der Waals surface area contributed by atoms with E-state index in [1.165, 1.54) is 44.1 Å². The largest absolute Gasteiger partial charge is 0.398 e. The van der Waals surface area contributed by atoms with Gasteiger partial charge in [-0.15, -0.1) is 0 Å². The number of pyridine rings is 1. The number of nitrogens with zero attached hydrogens (tertiary/aromatic N) is 1. The highest BCUT2D eigenvalue weighted by Gasteiger charge is 2.26. The minimum Gasteiger partial charge on any atom is -0.398 e. The Morgan fingerprint density at radius 2 is 2.10 bits per heavy atom. The molecule has 1 aromatic rings. The first-order chi connectivity index (χ1) is 9.74. The Hall–Kier alpha value is -1.09. The van der Waals surface area contributed by atoms with Crippen LogP contribution in [0.1, 0.15) is 51.0 Å². The van der Waals surface area contributed by atoms with Crippen LogP contribution in [-0.2, 0) is 6.42 Å². The van der Waals surface area contributed by atoms with Crippen molar-refractivity contribution in [2.45, 2.75) is 57.9 Å². The third-order valence-corrected chi connectivity index (χ3v) is 4.91. The molecule has 0 radical (unpaired) electrons. The Morgan fingerprint density at radius 1 is 1.35 bits per heavy atom. The third kappa shape index (κ3) is 3.95. The van der Waals surface area contributed by atoms with Gasteiger partial charge in [-0.1, -0.05) is 32.6 Å². The van der Waals surface area contributed by atoms with Gasteiger partial charge >= 0.3 is 0 Å². The SMILES string of the molecule is CCCC1CCC(C(Cc2cnccc2N)NC)CC1. The standard InChI is InChI=1S/C17H29N3/c1-3-4-13-5-7-14(8-6-13)17(19-2)11-15-12-20-10-9-16(15)18/h9-10,12-14,17,19H,3-8,11H2,1-2H3,(H2,18,20). The summed E-state index contributed by atoms with van der Waals surface area (Å²) in [6, 6.07) is 2.43. The summed E-state index contributed by atoms with van der Waals surface area (Å²) < 4.78 is 0. The maximum Gasteiger partial charge on any atom is 0.0378 e. The van der Waals surface area contributed by atoms with Gasteiger partial charge in [0.15, 0.2) is 0 Å². The van der Waals surface area contributed by atoms with Crippen molar-refractivity contribution in [1.29, 1.82) is 0 Å². The van der Waals surface area contributed by atoms with Gasteiger partial charge in [0.1, 0.15) is 0 Å². The van der Waals surface area contributed by atoms with Crippen LogP contribution in [0.3, 0.4) is 0 Å². The molecule has 0 spiro atoms. The zero-order chi connectivity index (χ0) is 14.4. The lowest BCUT2D eigenvalue weighted by Gasteiger charge is -2.34. The minimum atomic E-state index is 0.532. The first-order valence-electron chi connectivity index (χ1n) is 8.10. The molecular weight excluding hydrogens is 246 g/mol. The van der Waals surface area contributed by atoms with E-state index >= 15 is 0 Å². The van der Waals surface area contributed by atoms with Crippen molar-refractivity contribution in [3.63, 3.8) is 0 Å². The molecule has 3 nitrogen and oxygen atoms in total. The third-order valence-electron chi connectivity index (χ3n) is 4.91. The molecule has 0 saturated heterocycles. The number of anilines is 1. The van der Waals surface area contributed by atoms with E-state index in [1.54, 1.807) is 6.20 Å². The zero-order valence-electron chi connectivity index (χ0n) is 12.9. The topological polar surface area (TPSA) is 50.9 Å². The zero-order valence-corrected chi connectivity index (χ0v) is 12.9. The Bertz CT molecular complexity index is 397. The van der Waals surface area contributed by atoms with Gasteiger partial charge in [0.2, 0.25) is 0 Å². The Labute approximate surface area is 123 Å². The second-order valence-corrected chi connectivity index (χ2v) is 6.24. The van der Waals surface area contributed by atoms with E-state index in [2.05, 4.69) is 24.3 Å². The molecule has 0 aliphatic heterocycles. The van der Waals surface area contributed by atoms with E-state index < -0.39 is 0 Å². The maximum atomic E-state index is 6.05. The first-order valence-corrected chi connectivity index (χ1v) is 8.10. The van der Waals surface area contributed by atoms with E-state index in [9.17, 15) is 0 Å².